The molecule has 2 aromatic rings. The van der Waals surface area contributed by atoms with Gasteiger partial charge in [-0.2, -0.15) is 0 Å². The first-order valence-electron chi connectivity index (χ1n) is 8.62. The van der Waals surface area contributed by atoms with E-state index in [1.165, 1.54) is 31.5 Å². The molecule has 4 nitrogen and oxygen atoms in total. The Kier molecular flexibility index (Phi) is 3.77. The predicted octanol–water partition coefficient (Wildman–Crippen LogP) is 3.35. The molecule has 1 N–H and O–H groups in total. The summed E-state index contributed by atoms with van der Waals surface area (Å²) in [6.07, 6.45) is 2.60. The minimum Gasteiger partial charge on any atom is -0.364 e. The van der Waals surface area contributed by atoms with E-state index in [2.05, 4.69) is 70.7 Å². The van der Waals surface area contributed by atoms with Crippen molar-refractivity contribution in [3.63, 3.8) is 0 Å². The maximum atomic E-state index is 4.42. The van der Waals surface area contributed by atoms with Gasteiger partial charge in [0.2, 0.25) is 0 Å². The Morgan fingerprint density at radius 2 is 1.91 bits per heavy atom. The van der Waals surface area contributed by atoms with Gasteiger partial charge in [0.15, 0.2) is 0 Å². The number of nitrogens with zero attached hydrogens (tertiary/aromatic N) is 3. The molecule has 0 saturated carbocycles. The minimum absolute atomic E-state index is 0.497. The zero-order valence-corrected chi connectivity index (χ0v) is 13.9. The van der Waals surface area contributed by atoms with Crippen LogP contribution in [0.1, 0.15) is 25.3 Å². The van der Waals surface area contributed by atoms with E-state index >= 15 is 0 Å². The van der Waals surface area contributed by atoms with Gasteiger partial charge in [0.05, 0.1) is 5.69 Å². The van der Waals surface area contributed by atoms with Gasteiger partial charge in [0, 0.05) is 17.6 Å². The zero-order valence-electron chi connectivity index (χ0n) is 13.9. The molecule has 0 spiro atoms. The molecule has 3 fully saturated rings. The first-order chi connectivity index (χ1) is 11.2. The number of hydrogen-bond acceptors (Lipinski definition) is 4. The van der Waals surface area contributed by atoms with Gasteiger partial charge in [-0.25, -0.2) is 0 Å². The summed E-state index contributed by atoms with van der Waals surface area (Å²) in [5.74, 6) is 1.67. The molecule has 0 aliphatic carbocycles. The normalized spacial score (nSPS) is 29.5. The zero-order chi connectivity index (χ0) is 15.8. The molecule has 1 aromatic heterocycles. The third kappa shape index (κ3) is 2.83. The number of benzene rings is 1. The van der Waals surface area contributed by atoms with Gasteiger partial charge in [0.1, 0.15) is 5.82 Å². The Morgan fingerprint density at radius 3 is 2.57 bits per heavy atom. The number of hydrogen-bond donors (Lipinski definition) is 1. The molecule has 5 rings (SSSR count). The van der Waals surface area contributed by atoms with E-state index in [0.29, 0.717) is 12.1 Å². The van der Waals surface area contributed by atoms with E-state index in [9.17, 15) is 0 Å². The molecule has 2 atom stereocenters. The third-order valence-corrected chi connectivity index (χ3v) is 5.47. The van der Waals surface area contributed by atoms with Crippen molar-refractivity contribution >= 4 is 5.82 Å². The van der Waals surface area contributed by atoms with E-state index in [1.807, 2.05) is 0 Å². The SMILES string of the molecule is Cc1cccc(-c2ccc(N[C@@H]3C4CCN(CC4)[C@@H]3C)nn2)c1. The van der Waals surface area contributed by atoms with Gasteiger partial charge < -0.3 is 5.32 Å². The summed E-state index contributed by atoms with van der Waals surface area (Å²) in [5.41, 5.74) is 3.30. The van der Waals surface area contributed by atoms with Crippen LogP contribution in [0.2, 0.25) is 0 Å². The van der Waals surface area contributed by atoms with Crippen LogP contribution in [-0.4, -0.2) is 40.3 Å². The van der Waals surface area contributed by atoms with Crippen LogP contribution in [0.5, 0.6) is 0 Å². The molecule has 3 aliphatic heterocycles. The van der Waals surface area contributed by atoms with E-state index in [4.69, 9.17) is 0 Å². The highest BCUT2D eigenvalue weighted by Crippen LogP contribution is 2.33. The van der Waals surface area contributed by atoms with Gasteiger partial charge in [-0.15, -0.1) is 10.2 Å². The molecular weight excluding hydrogens is 284 g/mol. The summed E-state index contributed by atoms with van der Waals surface area (Å²) < 4.78 is 0. The van der Waals surface area contributed by atoms with Crippen molar-refractivity contribution in [1.82, 2.24) is 15.1 Å². The number of nitrogens with one attached hydrogen (secondary N) is 1. The summed E-state index contributed by atoms with van der Waals surface area (Å²) in [6, 6.07) is 13.6. The highest BCUT2D eigenvalue weighted by molar-refractivity contribution is 5.60. The molecule has 23 heavy (non-hydrogen) atoms. The molecule has 0 unspecified atom stereocenters. The number of aryl methyl sites for hydroxylation is 1. The van der Waals surface area contributed by atoms with Crippen LogP contribution in [0, 0.1) is 12.8 Å². The number of aromatic nitrogens is 2. The number of rotatable bonds is 3. The second-order valence-electron chi connectivity index (χ2n) is 6.96. The Bertz CT molecular complexity index is 672. The molecule has 120 valence electrons. The molecule has 0 amide bonds. The molecule has 4 heterocycles. The van der Waals surface area contributed by atoms with Crippen LogP contribution in [0.25, 0.3) is 11.3 Å². The lowest BCUT2D eigenvalue weighted by Crippen LogP contribution is -2.59. The van der Waals surface area contributed by atoms with Crippen LogP contribution in [0.15, 0.2) is 36.4 Å². The highest BCUT2D eigenvalue weighted by Gasteiger charge is 2.39. The van der Waals surface area contributed by atoms with E-state index in [-0.39, 0.29) is 0 Å². The fraction of sp³-hybridized carbons (Fsp3) is 0.474. The van der Waals surface area contributed by atoms with Crippen molar-refractivity contribution in [3.8, 4) is 11.3 Å². The average molecular weight is 308 g/mol. The second kappa shape index (κ2) is 5.93. The minimum atomic E-state index is 0.497. The second-order valence-corrected chi connectivity index (χ2v) is 6.96. The van der Waals surface area contributed by atoms with Crippen molar-refractivity contribution in [2.45, 2.75) is 38.8 Å². The topological polar surface area (TPSA) is 41.0 Å². The number of fused-ring (bicyclic) bond motifs is 3. The van der Waals surface area contributed by atoms with Crippen molar-refractivity contribution in [2.24, 2.45) is 5.92 Å². The summed E-state index contributed by atoms with van der Waals surface area (Å²) in [5, 5.41) is 12.5. The standard InChI is InChI=1S/C19H24N4/c1-13-4-3-5-16(12-13)17-6-7-18(22-21-17)20-19-14(2)23-10-8-15(19)9-11-23/h3-7,12,14-15,19H,8-11H2,1-2H3,(H,20,22)/t14-,19+/m1/s1. The molecular formula is C19H24N4. The third-order valence-electron chi connectivity index (χ3n) is 5.47. The fourth-order valence-corrected chi connectivity index (χ4v) is 4.08. The Labute approximate surface area is 137 Å². The van der Waals surface area contributed by atoms with Gasteiger partial charge >= 0.3 is 0 Å². The predicted molar refractivity (Wildman–Crippen MR) is 93.4 cm³/mol. The van der Waals surface area contributed by atoms with Crippen molar-refractivity contribution in [3.05, 3.63) is 42.0 Å². The molecule has 2 bridgehead atoms. The van der Waals surface area contributed by atoms with Crippen molar-refractivity contribution < 1.29 is 0 Å². The summed E-state index contributed by atoms with van der Waals surface area (Å²) in [6.45, 7) is 6.93. The van der Waals surface area contributed by atoms with Gasteiger partial charge in [-0.1, -0.05) is 23.8 Å². The fourth-order valence-electron chi connectivity index (χ4n) is 4.08. The molecule has 3 saturated heterocycles. The first-order valence-corrected chi connectivity index (χ1v) is 8.62. The van der Waals surface area contributed by atoms with Crippen LogP contribution >= 0.6 is 0 Å². The Morgan fingerprint density at radius 1 is 1.09 bits per heavy atom. The molecule has 4 heteroatoms. The van der Waals surface area contributed by atoms with Gasteiger partial charge in [0.25, 0.3) is 0 Å². The van der Waals surface area contributed by atoms with Crippen LogP contribution < -0.4 is 5.32 Å². The van der Waals surface area contributed by atoms with Crippen LogP contribution in [-0.2, 0) is 0 Å². The first kappa shape index (κ1) is 14.6. The lowest BCUT2D eigenvalue weighted by Gasteiger charge is -2.50. The maximum absolute atomic E-state index is 4.42. The molecule has 0 radical (unpaired) electrons. The number of piperidine rings is 3. The Hall–Kier alpha value is -1.94. The maximum Gasteiger partial charge on any atom is 0.148 e. The van der Waals surface area contributed by atoms with Crippen LogP contribution in [0.4, 0.5) is 5.82 Å². The Balaban J connectivity index is 1.50. The van der Waals surface area contributed by atoms with Gasteiger partial charge in [-0.05, 0) is 63.9 Å². The van der Waals surface area contributed by atoms with Crippen molar-refractivity contribution in [1.29, 1.82) is 0 Å². The van der Waals surface area contributed by atoms with E-state index < -0.39 is 0 Å². The average Bonchev–Trinajstić information content (AvgIpc) is 2.59. The molecule has 3 aliphatic rings. The van der Waals surface area contributed by atoms with Crippen LogP contribution in [0.3, 0.4) is 0 Å². The summed E-state index contributed by atoms with van der Waals surface area (Å²) in [7, 11) is 0. The summed E-state index contributed by atoms with van der Waals surface area (Å²) >= 11 is 0. The lowest BCUT2D eigenvalue weighted by molar-refractivity contribution is 0.0457. The van der Waals surface area contributed by atoms with E-state index in [0.717, 1.165) is 23.0 Å². The van der Waals surface area contributed by atoms with Gasteiger partial charge in [-0.3, -0.25) is 4.90 Å². The largest absolute Gasteiger partial charge is 0.364 e. The summed E-state index contributed by atoms with van der Waals surface area (Å²) in [4.78, 5) is 2.59. The smallest absolute Gasteiger partial charge is 0.148 e. The van der Waals surface area contributed by atoms with Crippen molar-refractivity contribution in [2.75, 3.05) is 18.4 Å². The monoisotopic (exact) mass is 308 g/mol. The lowest BCUT2D eigenvalue weighted by atomic mass is 9.79. The number of anilines is 1. The highest BCUT2D eigenvalue weighted by atomic mass is 15.2. The molecule has 1 aromatic carbocycles. The quantitative estimate of drug-likeness (QED) is 0.944. The van der Waals surface area contributed by atoms with E-state index in [1.54, 1.807) is 0 Å².